The molecule has 9 heteroatoms. The quantitative estimate of drug-likeness (QED) is 0.815. The summed E-state index contributed by atoms with van der Waals surface area (Å²) in [6.07, 6.45) is 0. The lowest BCUT2D eigenvalue weighted by molar-refractivity contribution is -0.150. The number of benzene rings is 1. The van der Waals surface area contributed by atoms with Crippen LogP contribution in [0.25, 0.3) is 0 Å². The van der Waals surface area contributed by atoms with Crippen LogP contribution in [0.3, 0.4) is 0 Å². The molecular formula is C18H23N5O4. The minimum Gasteiger partial charge on any atom is -0.493 e. The summed E-state index contributed by atoms with van der Waals surface area (Å²) in [5, 5.41) is 14.8. The van der Waals surface area contributed by atoms with Crippen LogP contribution in [0.2, 0.25) is 0 Å². The molecule has 3 rings (SSSR count). The molecule has 0 bridgehead atoms. The van der Waals surface area contributed by atoms with E-state index in [9.17, 15) is 4.79 Å². The zero-order valence-corrected chi connectivity index (χ0v) is 16.2. The first-order valence-electron chi connectivity index (χ1n) is 8.46. The summed E-state index contributed by atoms with van der Waals surface area (Å²) < 4.78 is 17.9. The summed E-state index contributed by atoms with van der Waals surface area (Å²) in [6, 6.07) is 4.87. The van der Waals surface area contributed by atoms with Crippen LogP contribution in [0.5, 0.6) is 11.5 Å². The highest BCUT2D eigenvalue weighted by atomic mass is 16.6. The van der Waals surface area contributed by atoms with Crippen LogP contribution in [-0.2, 0) is 9.53 Å². The van der Waals surface area contributed by atoms with E-state index in [-0.39, 0.29) is 0 Å². The lowest BCUT2D eigenvalue weighted by Crippen LogP contribution is -2.33. The van der Waals surface area contributed by atoms with Crippen LogP contribution in [-0.4, -0.2) is 46.0 Å². The molecule has 1 aromatic heterocycles. The topological polar surface area (TPSA) is 100 Å². The number of carbonyl (C=O) groups excluding carboxylic acids is 1. The van der Waals surface area contributed by atoms with Gasteiger partial charge >= 0.3 is 5.97 Å². The van der Waals surface area contributed by atoms with Crippen molar-refractivity contribution < 1.29 is 19.0 Å². The molecule has 2 aromatic rings. The highest BCUT2D eigenvalue weighted by Crippen LogP contribution is 2.38. The Balaban J connectivity index is 2.13. The normalized spacial score (nSPS) is 16.4. The molecule has 144 valence electrons. The molecule has 0 amide bonds. The van der Waals surface area contributed by atoms with Gasteiger partial charge in [0.2, 0.25) is 5.95 Å². The van der Waals surface area contributed by atoms with Crippen LogP contribution < -0.4 is 14.8 Å². The smallest absolute Gasteiger partial charge is 0.338 e. The van der Waals surface area contributed by atoms with Crippen molar-refractivity contribution in [2.45, 2.75) is 39.3 Å². The van der Waals surface area contributed by atoms with E-state index < -0.39 is 17.6 Å². The number of anilines is 1. The number of nitrogens with one attached hydrogen (secondary N) is 1. The second kappa shape index (κ2) is 6.90. The van der Waals surface area contributed by atoms with Gasteiger partial charge in [0.15, 0.2) is 11.5 Å². The van der Waals surface area contributed by atoms with Crippen molar-refractivity contribution in [3.63, 3.8) is 0 Å². The molecule has 1 aliphatic rings. The Morgan fingerprint density at radius 3 is 2.52 bits per heavy atom. The highest BCUT2D eigenvalue weighted by molar-refractivity contribution is 5.92. The monoisotopic (exact) mass is 373 g/mol. The molecule has 0 spiro atoms. The van der Waals surface area contributed by atoms with Gasteiger partial charge in [0, 0.05) is 5.70 Å². The van der Waals surface area contributed by atoms with Crippen molar-refractivity contribution >= 4 is 11.9 Å². The van der Waals surface area contributed by atoms with E-state index in [2.05, 4.69) is 20.8 Å². The molecule has 0 aliphatic carbocycles. The number of tetrazole rings is 1. The van der Waals surface area contributed by atoms with E-state index >= 15 is 0 Å². The average molecular weight is 373 g/mol. The van der Waals surface area contributed by atoms with Gasteiger partial charge in [0.05, 0.1) is 19.8 Å². The van der Waals surface area contributed by atoms with Crippen LogP contribution in [0, 0.1) is 0 Å². The second-order valence-electron chi connectivity index (χ2n) is 7.13. The number of rotatable bonds is 4. The summed E-state index contributed by atoms with van der Waals surface area (Å²) in [7, 11) is 3.13. The SMILES string of the molecule is COc1ccc([C@H]2C(C(=O)OC(C)(C)C)=C(C)Nc3nnnn32)cc1OC. The summed E-state index contributed by atoms with van der Waals surface area (Å²) in [4.78, 5) is 13.0. The van der Waals surface area contributed by atoms with E-state index in [0.717, 1.165) is 5.56 Å². The van der Waals surface area contributed by atoms with Gasteiger partial charge in [-0.25, -0.2) is 4.79 Å². The number of esters is 1. The van der Waals surface area contributed by atoms with Crippen molar-refractivity contribution in [2.24, 2.45) is 0 Å². The van der Waals surface area contributed by atoms with Gasteiger partial charge in [-0.3, -0.25) is 0 Å². The fourth-order valence-corrected chi connectivity index (χ4v) is 2.94. The molecule has 0 radical (unpaired) electrons. The molecule has 27 heavy (non-hydrogen) atoms. The molecule has 1 atom stereocenters. The van der Waals surface area contributed by atoms with Crippen LogP contribution in [0.15, 0.2) is 29.5 Å². The number of ether oxygens (including phenoxy) is 3. The van der Waals surface area contributed by atoms with E-state index in [1.54, 1.807) is 38.0 Å². The fraction of sp³-hybridized carbons (Fsp3) is 0.444. The van der Waals surface area contributed by atoms with Crippen molar-refractivity contribution in [2.75, 3.05) is 19.5 Å². The zero-order chi connectivity index (χ0) is 19.8. The Morgan fingerprint density at radius 1 is 1.19 bits per heavy atom. The van der Waals surface area contributed by atoms with Crippen LogP contribution >= 0.6 is 0 Å². The Kier molecular flexibility index (Phi) is 4.77. The maximum Gasteiger partial charge on any atom is 0.338 e. The lowest BCUT2D eigenvalue weighted by atomic mass is 9.95. The van der Waals surface area contributed by atoms with Gasteiger partial charge in [0.25, 0.3) is 0 Å². The number of nitrogens with zero attached hydrogens (tertiary/aromatic N) is 4. The third-order valence-electron chi connectivity index (χ3n) is 4.06. The first kappa shape index (κ1) is 18.7. The minimum absolute atomic E-state index is 0.428. The summed E-state index contributed by atoms with van der Waals surface area (Å²) >= 11 is 0. The molecule has 0 saturated carbocycles. The standard InChI is InChI=1S/C18H23N5O4/c1-10-14(16(24)27-18(2,3)4)15(23-17(19-10)20-21-22-23)11-7-8-12(25-5)13(9-11)26-6/h7-9,15H,1-6H3,(H,19,20,22)/t15-/m0/s1. The number of aromatic nitrogens is 4. The molecule has 2 heterocycles. The Morgan fingerprint density at radius 2 is 1.89 bits per heavy atom. The molecular weight excluding hydrogens is 350 g/mol. The number of fused-ring (bicyclic) bond motifs is 1. The summed E-state index contributed by atoms with van der Waals surface area (Å²) in [5.74, 6) is 1.14. The number of allylic oxidation sites excluding steroid dienone is 1. The molecule has 0 saturated heterocycles. The van der Waals surface area contributed by atoms with E-state index in [0.29, 0.717) is 28.7 Å². The largest absolute Gasteiger partial charge is 0.493 e. The van der Waals surface area contributed by atoms with Crippen LogP contribution in [0.1, 0.15) is 39.3 Å². The average Bonchev–Trinajstić information content (AvgIpc) is 3.06. The third kappa shape index (κ3) is 3.57. The second-order valence-corrected chi connectivity index (χ2v) is 7.13. The molecule has 1 aromatic carbocycles. The van der Waals surface area contributed by atoms with Gasteiger partial charge in [0.1, 0.15) is 11.6 Å². The molecule has 9 nitrogen and oxygen atoms in total. The fourth-order valence-electron chi connectivity index (χ4n) is 2.94. The van der Waals surface area contributed by atoms with E-state index in [1.807, 2.05) is 26.8 Å². The molecule has 0 fully saturated rings. The zero-order valence-electron chi connectivity index (χ0n) is 16.2. The Bertz CT molecular complexity index is 897. The number of hydrogen-bond donors (Lipinski definition) is 1. The number of carbonyl (C=O) groups is 1. The third-order valence-corrected chi connectivity index (χ3v) is 4.06. The number of hydrogen-bond acceptors (Lipinski definition) is 8. The predicted molar refractivity (Wildman–Crippen MR) is 97.7 cm³/mol. The lowest BCUT2D eigenvalue weighted by Gasteiger charge is -2.30. The van der Waals surface area contributed by atoms with Crippen molar-refractivity contribution in [1.82, 2.24) is 20.2 Å². The van der Waals surface area contributed by atoms with Crippen LogP contribution in [0.4, 0.5) is 5.95 Å². The van der Waals surface area contributed by atoms with Gasteiger partial charge in [-0.2, -0.15) is 4.68 Å². The maximum atomic E-state index is 13.0. The Labute approximate surface area is 157 Å². The minimum atomic E-state index is -0.632. The van der Waals surface area contributed by atoms with E-state index in [4.69, 9.17) is 14.2 Å². The van der Waals surface area contributed by atoms with Crippen molar-refractivity contribution in [1.29, 1.82) is 0 Å². The maximum absolute atomic E-state index is 13.0. The molecule has 1 N–H and O–H groups in total. The highest BCUT2D eigenvalue weighted by Gasteiger charge is 2.36. The Hall–Kier alpha value is -3.10. The first-order chi connectivity index (χ1) is 12.7. The molecule has 1 aliphatic heterocycles. The summed E-state index contributed by atoms with van der Waals surface area (Å²) in [5.41, 5.74) is 1.19. The molecule has 0 unspecified atom stereocenters. The van der Waals surface area contributed by atoms with Crippen molar-refractivity contribution in [3.05, 3.63) is 35.0 Å². The predicted octanol–water partition coefficient (Wildman–Crippen LogP) is 2.32. The van der Waals surface area contributed by atoms with Crippen molar-refractivity contribution in [3.8, 4) is 11.5 Å². The van der Waals surface area contributed by atoms with E-state index in [1.165, 1.54) is 0 Å². The number of methoxy groups -OCH3 is 2. The van der Waals surface area contributed by atoms with Gasteiger partial charge in [-0.15, -0.1) is 0 Å². The summed E-state index contributed by atoms with van der Waals surface area (Å²) in [6.45, 7) is 7.27. The first-order valence-corrected chi connectivity index (χ1v) is 8.46. The van der Waals surface area contributed by atoms with Gasteiger partial charge in [-0.05, 0) is 55.8 Å². The van der Waals surface area contributed by atoms with Gasteiger partial charge < -0.3 is 19.5 Å². The van der Waals surface area contributed by atoms with Gasteiger partial charge in [-0.1, -0.05) is 11.2 Å².